The summed E-state index contributed by atoms with van der Waals surface area (Å²) in [5, 5.41) is 46.6. The number of nitrogens with one attached hydrogen (secondary N) is 1. The molecule has 7 atom stereocenters. The molecule has 50 heavy (non-hydrogen) atoms. The van der Waals surface area contributed by atoms with E-state index in [0.29, 0.717) is 18.4 Å². The molecule has 3 aliphatic rings. The molecule has 0 unspecified atom stereocenters. The molecule has 1 heterocycles. The number of hydrogen-bond acceptors (Lipinski definition) is 12. The number of rotatable bonds is 12. The SMILES string of the molecule is CC[C@]12c3c4ccc(O)c3O[C@H]1C(OC(=O)[C@@H](O)CC(=O)O[C@H](C(=O)O[C@H](C(=O)O)c1ccccc1)c1ccccc1)=CC[C@@]2(O)[C@H](NC)C4. The maximum absolute atomic E-state index is 13.3. The quantitative estimate of drug-likeness (QED) is 0.138. The number of phenols is 1. The molecule has 0 amide bonds. The standard InChI is InChI=1S/C37H37NO12/c1-3-36-28-22-14-15-23(39)31(28)49-32(36)25(16-17-37(36,46)26(18-22)38-2)47-34(44)24(40)19-27(41)48-30(21-12-8-5-9-13-21)35(45)50-29(33(42)43)20-10-6-4-7-11-20/h4-16,24,26,29-30,32,38-40,46H,3,17-19H2,1-2H3,(H,42,43)/t24-,26+,29-,30-,32-,36-,37+/m0/s1. The van der Waals surface area contributed by atoms with Crippen molar-refractivity contribution in [2.45, 2.75) is 74.1 Å². The third-order valence-corrected chi connectivity index (χ3v) is 9.88. The van der Waals surface area contributed by atoms with E-state index in [0.717, 1.165) is 5.56 Å². The number of aromatic hydroxyl groups is 1. The van der Waals surface area contributed by atoms with Crippen LogP contribution in [0.4, 0.5) is 0 Å². The van der Waals surface area contributed by atoms with Crippen LogP contribution >= 0.6 is 0 Å². The van der Waals surface area contributed by atoms with Gasteiger partial charge in [0.2, 0.25) is 12.2 Å². The molecule has 13 nitrogen and oxygen atoms in total. The van der Waals surface area contributed by atoms with Gasteiger partial charge in [-0.1, -0.05) is 73.7 Å². The molecule has 5 N–H and O–H groups in total. The third kappa shape index (κ3) is 5.76. The minimum atomic E-state index is -2.05. The van der Waals surface area contributed by atoms with Gasteiger partial charge in [0.15, 0.2) is 23.7 Å². The zero-order valence-electron chi connectivity index (χ0n) is 27.3. The van der Waals surface area contributed by atoms with Gasteiger partial charge in [0.05, 0.1) is 17.4 Å². The Morgan fingerprint density at radius 2 is 1.58 bits per heavy atom. The fraction of sp³-hybridized carbons (Fsp3) is 0.351. The van der Waals surface area contributed by atoms with Gasteiger partial charge in [0.1, 0.15) is 5.76 Å². The summed E-state index contributed by atoms with van der Waals surface area (Å²) in [6.07, 6.45) is -5.05. The number of likely N-dealkylation sites (N-methyl/N-ethyl adjacent to an activating group) is 1. The number of carbonyl (C=O) groups is 4. The number of aliphatic hydroxyl groups is 2. The monoisotopic (exact) mass is 687 g/mol. The van der Waals surface area contributed by atoms with Crippen molar-refractivity contribution in [1.82, 2.24) is 5.32 Å². The van der Waals surface area contributed by atoms with Gasteiger partial charge in [-0.3, -0.25) is 4.79 Å². The fourth-order valence-corrected chi connectivity index (χ4v) is 7.53. The van der Waals surface area contributed by atoms with Gasteiger partial charge in [-0.2, -0.15) is 0 Å². The van der Waals surface area contributed by atoms with E-state index in [2.05, 4.69) is 5.32 Å². The lowest BCUT2D eigenvalue weighted by Crippen LogP contribution is -2.70. The van der Waals surface area contributed by atoms with Gasteiger partial charge in [0, 0.05) is 29.2 Å². The van der Waals surface area contributed by atoms with Crippen LogP contribution in [0.15, 0.2) is 84.6 Å². The van der Waals surface area contributed by atoms with E-state index < -0.39 is 71.8 Å². The van der Waals surface area contributed by atoms with E-state index in [-0.39, 0.29) is 34.8 Å². The molecular formula is C37H37NO12. The van der Waals surface area contributed by atoms with Crippen molar-refractivity contribution in [3.63, 3.8) is 0 Å². The Morgan fingerprint density at radius 1 is 0.940 bits per heavy atom. The number of aliphatic hydroxyl groups excluding tert-OH is 1. The van der Waals surface area contributed by atoms with Gasteiger partial charge in [0.25, 0.3) is 0 Å². The Balaban J connectivity index is 1.18. The van der Waals surface area contributed by atoms with Gasteiger partial charge >= 0.3 is 23.9 Å². The predicted octanol–water partition coefficient (Wildman–Crippen LogP) is 2.91. The van der Waals surface area contributed by atoms with Crippen LogP contribution in [-0.4, -0.2) is 75.2 Å². The number of phenolic OH excluding ortho intramolecular Hbond substituents is 1. The lowest BCUT2D eigenvalue weighted by Gasteiger charge is -2.56. The summed E-state index contributed by atoms with van der Waals surface area (Å²) in [5.41, 5.74) is -0.647. The molecule has 0 spiro atoms. The largest absolute Gasteiger partial charge is 0.504 e. The minimum Gasteiger partial charge on any atom is -0.504 e. The lowest BCUT2D eigenvalue weighted by molar-refractivity contribution is -0.179. The number of carboxylic acids is 1. The topological polar surface area (TPSA) is 198 Å². The normalized spacial score (nSPS) is 24.8. The number of esters is 3. The first-order valence-electron chi connectivity index (χ1n) is 16.2. The summed E-state index contributed by atoms with van der Waals surface area (Å²) in [5.74, 6) is -4.97. The molecule has 0 fully saturated rings. The zero-order valence-corrected chi connectivity index (χ0v) is 27.3. The molecule has 6 rings (SSSR count). The van der Waals surface area contributed by atoms with Crippen LogP contribution in [0.3, 0.4) is 0 Å². The van der Waals surface area contributed by atoms with E-state index >= 15 is 0 Å². The van der Waals surface area contributed by atoms with Crippen molar-refractivity contribution in [2.24, 2.45) is 0 Å². The maximum atomic E-state index is 13.3. The molecule has 0 bridgehead atoms. The van der Waals surface area contributed by atoms with Crippen molar-refractivity contribution in [3.8, 4) is 11.5 Å². The Morgan fingerprint density at radius 3 is 2.18 bits per heavy atom. The summed E-state index contributed by atoms with van der Waals surface area (Å²) < 4.78 is 22.5. The molecule has 262 valence electrons. The van der Waals surface area contributed by atoms with E-state index in [1.54, 1.807) is 49.5 Å². The zero-order chi connectivity index (χ0) is 35.8. The highest BCUT2D eigenvalue weighted by molar-refractivity contribution is 5.86. The predicted molar refractivity (Wildman–Crippen MR) is 174 cm³/mol. The number of hydrogen-bond donors (Lipinski definition) is 5. The van der Waals surface area contributed by atoms with Crippen LogP contribution in [0.25, 0.3) is 0 Å². The van der Waals surface area contributed by atoms with Crippen molar-refractivity contribution in [3.05, 3.63) is 107 Å². The van der Waals surface area contributed by atoms with Crippen LogP contribution < -0.4 is 10.1 Å². The highest BCUT2D eigenvalue weighted by atomic mass is 16.6. The second kappa shape index (κ2) is 13.6. The molecule has 0 aromatic heterocycles. The summed E-state index contributed by atoms with van der Waals surface area (Å²) in [4.78, 5) is 51.6. The molecular weight excluding hydrogens is 650 g/mol. The van der Waals surface area contributed by atoms with E-state index in [1.165, 1.54) is 36.4 Å². The van der Waals surface area contributed by atoms with Crippen LogP contribution in [-0.2, 0) is 45.2 Å². The lowest BCUT2D eigenvalue weighted by atomic mass is 9.52. The Bertz CT molecular complexity index is 1830. The van der Waals surface area contributed by atoms with Crippen molar-refractivity contribution in [1.29, 1.82) is 0 Å². The van der Waals surface area contributed by atoms with E-state index in [9.17, 15) is 39.6 Å². The Labute approximate surface area is 287 Å². The van der Waals surface area contributed by atoms with Crippen molar-refractivity contribution >= 4 is 23.9 Å². The molecule has 2 aliphatic carbocycles. The second-order valence-corrected chi connectivity index (χ2v) is 12.5. The van der Waals surface area contributed by atoms with Crippen LogP contribution in [0.2, 0.25) is 0 Å². The van der Waals surface area contributed by atoms with Gasteiger partial charge < -0.3 is 44.7 Å². The summed E-state index contributed by atoms with van der Waals surface area (Å²) in [6, 6.07) is 18.4. The first kappa shape index (κ1) is 34.6. The average molecular weight is 688 g/mol. The molecule has 3 aromatic carbocycles. The number of benzene rings is 3. The molecule has 3 aromatic rings. The molecule has 0 saturated heterocycles. The summed E-state index contributed by atoms with van der Waals surface area (Å²) in [7, 11) is 1.74. The second-order valence-electron chi connectivity index (χ2n) is 12.5. The number of aliphatic carboxylic acids is 1. The van der Waals surface area contributed by atoms with E-state index in [1.807, 2.05) is 6.92 Å². The smallest absolute Gasteiger partial charge is 0.353 e. The number of carboxylic acid groups (broad SMARTS) is 1. The molecule has 13 heteroatoms. The van der Waals surface area contributed by atoms with Gasteiger partial charge in [-0.05, 0) is 37.6 Å². The summed E-state index contributed by atoms with van der Waals surface area (Å²) in [6.45, 7) is 1.87. The molecule has 0 radical (unpaired) electrons. The Hall–Kier alpha value is -5.24. The first-order chi connectivity index (χ1) is 23.9. The number of ether oxygens (including phenoxy) is 4. The highest BCUT2D eigenvalue weighted by Crippen LogP contribution is 2.63. The maximum Gasteiger partial charge on any atom is 0.353 e. The van der Waals surface area contributed by atoms with E-state index in [4.69, 9.17) is 18.9 Å². The summed E-state index contributed by atoms with van der Waals surface area (Å²) >= 11 is 0. The van der Waals surface area contributed by atoms with Crippen molar-refractivity contribution in [2.75, 3.05) is 7.05 Å². The third-order valence-electron chi connectivity index (χ3n) is 9.88. The van der Waals surface area contributed by atoms with Crippen LogP contribution in [0.5, 0.6) is 11.5 Å². The first-order valence-corrected chi connectivity index (χ1v) is 16.2. The van der Waals surface area contributed by atoms with Crippen LogP contribution in [0.1, 0.15) is 60.6 Å². The average Bonchev–Trinajstić information content (AvgIpc) is 3.49. The van der Waals surface area contributed by atoms with Gasteiger partial charge in [-0.15, -0.1) is 0 Å². The van der Waals surface area contributed by atoms with Crippen LogP contribution in [0, 0.1) is 0 Å². The molecule has 0 saturated carbocycles. The Kier molecular flexibility index (Phi) is 9.40. The molecule has 1 aliphatic heterocycles. The van der Waals surface area contributed by atoms with Crippen molar-refractivity contribution < 1.29 is 58.6 Å². The minimum absolute atomic E-state index is 0.00129. The van der Waals surface area contributed by atoms with Gasteiger partial charge in [-0.25, -0.2) is 14.4 Å². The highest BCUT2D eigenvalue weighted by Gasteiger charge is 2.69. The number of carbonyl (C=O) groups excluding carboxylic acids is 3. The fourth-order valence-electron chi connectivity index (χ4n) is 7.53.